The minimum atomic E-state index is -0.108. The van der Waals surface area contributed by atoms with E-state index in [1.807, 2.05) is 47.4 Å². The highest BCUT2D eigenvalue weighted by atomic mass is 16.2. The largest absolute Gasteiger partial charge is 0.353 e. The lowest BCUT2D eigenvalue weighted by Gasteiger charge is -2.33. The van der Waals surface area contributed by atoms with Gasteiger partial charge in [0, 0.05) is 24.7 Å². The van der Waals surface area contributed by atoms with E-state index in [0.29, 0.717) is 6.54 Å². The molecule has 2 amide bonds. The maximum Gasteiger partial charge on any atom is 0.254 e. The third-order valence-electron chi connectivity index (χ3n) is 5.43. The number of carbonyl (C=O) groups is 2. The highest BCUT2D eigenvalue weighted by molar-refractivity contribution is 6.07. The highest BCUT2D eigenvalue weighted by Gasteiger charge is 2.30. The zero-order chi connectivity index (χ0) is 18.5. The van der Waals surface area contributed by atoms with E-state index in [2.05, 4.69) is 19.2 Å². The Bertz CT molecular complexity index is 777. The molecule has 4 heteroatoms. The van der Waals surface area contributed by atoms with Crippen LogP contribution >= 0.6 is 0 Å². The SMILES string of the molecule is CCC(CC)NC(=O)C1CCCN(C(=O)c2cccc3ccccc23)C1. The summed E-state index contributed by atoms with van der Waals surface area (Å²) < 4.78 is 0. The van der Waals surface area contributed by atoms with Crippen LogP contribution in [0.25, 0.3) is 10.8 Å². The van der Waals surface area contributed by atoms with Crippen LogP contribution in [0.2, 0.25) is 0 Å². The number of amides is 2. The molecule has 138 valence electrons. The van der Waals surface area contributed by atoms with E-state index < -0.39 is 0 Å². The highest BCUT2D eigenvalue weighted by Crippen LogP contribution is 2.23. The van der Waals surface area contributed by atoms with Crippen molar-refractivity contribution in [3.8, 4) is 0 Å². The van der Waals surface area contributed by atoms with Crippen molar-refractivity contribution in [1.82, 2.24) is 10.2 Å². The predicted octanol–water partition coefficient (Wildman–Crippen LogP) is 4.00. The van der Waals surface area contributed by atoms with Crippen LogP contribution in [0.15, 0.2) is 42.5 Å². The van der Waals surface area contributed by atoms with Crippen LogP contribution in [0.4, 0.5) is 0 Å². The molecule has 1 saturated heterocycles. The summed E-state index contributed by atoms with van der Waals surface area (Å²) in [7, 11) is 0. The molecule has 2 aromatic rings. The number of rotatable bonds is 5. The summed E-state index contributed by atoms with van der Waals surface area (Å²) in [6.45, 7) is 5.40. The summed E-state index contributed by atoms with van der Waals surface area (Å²) in [6.07, 6.45) is 3.60. The standard InChI is InChI=1S/C22H28N2O2/c1-3-18(4-2)23-21(25)17-11-8-14-24(15-17)22(26)20-13-7-10-16-9-5-6-12-19(16)20/h5-7,9-10,12-13,17-18H,3-4,8,11,14-15H2,1-2H3,(H,23,25). The van der Waals surface area contributed by atoms with Crippen molar-refractivity contribution < 1.29 is 9.59 Å². The van der Waals surface area contributed by atoms with E-state index >= 15 is 0 Å². The smallest absolute Gasteiger partial charge is 0.254 e. The molecular formula is C22H28N2O2. The topological polar surface area (TPSA) is 49.4 Å². The van der Waals surface area contributed by atoms with E-state index in [1.54, 1.807) is 0 Å². The molecule has 0 saturated carbocycles. The van der Waals surface area contributed by atoms with Gasteiger partial charge in [-0.15, -0.1) is 0 Å². The number of carbonyl (C=O) groups excluding carboxylic acids is 2. The van der Waals surface area contributed by atoms with Crippen LogP contribution in [0.3, 0.4) is 0 Å². The van der Waals surface area contributed by atoms with Crippen molar-refractivity contribution in [1.29, 1.82) is 0 Å². The van der Waals surface area contributed by atoms with Gasteiger partial charge < -0.3 is 10.2 Å². The fraction of sp³-hybridized carbons (Fsp3) is 0.455. The third kappa shape index (κ3) is 3.90. The number of likely N-dealkylation sites (tertiary alicyclic amines) is 1. The second kappa shape index (κ2) is 8.35. The van der Waals surface area contributed by atoms with Crippen molar-refractivity contribution in [2.24, 2.45) is 5.92 Å². The van der Waals surface area contributed by atoms with Crippen molar-refractivity contribution >= 4 is 22.6 Å². The van der Waals surface area contributed by atoms with Crippen molar-refractivity contribution in [2.45, 2.75) is 45.6 Å². The molecular weight excluding hydrogens is 324 g/mol. The monoisotopic (exact) mass is 352 g/mol. The Labute approximate surface area is 155 Å². The number of hydrogen-bond acceptors (Lipinski definition) is 2. The quantitative estimate of drug-likeness (QED) is 0.884. The van der Waals surface area contributed by atoms with Gasteiger partial charge in [-0.3, -0.25) is 9.59 Å². The number of benzene rings is 2. The number of fused-ring (bicyclic) bond motifs is 1. The first-order valence-electron chi connectivity index (χ1n) is 9.71. The van der Waals surface area contributed by atoms with Crippen LogP contribution in [0, 0.1) is 5.92 Å². The fourth-order valence-corrected chi connectivity index (χ4v) is 3.77. The van der Waals surface area contributed by atoms with Gasteiger partial charge in [0.05, 0.1) is 5.92 Å². The summed E-state index contributed by atoms with van der Waals surface area (Å²) in [5.74, 6) is 0.0132. The van der Waals surface area contributed by atoms with E-state index in [0.717, 1.165) is 48.6 Å². The van der Waals surface area contributed by atoms with Gasteiger partial charge in [0.1, 0.15) is 0 Å². The van der Waals surface area contributed by atoms with Crippen molar-refractivity contribution in [3.05, 3.63) is 48.0 Å². The lowest BCUT2D eigenvalue weighted by molar-refractivity contribution is -0.127. The average Bonchev–Trinajstić information content (AvgIpc) is 2.71. The Morgan fingerprint density at radius 1 is 1.12 bits per heavy atom. The van der Waals surface area contributed by atoms with Gasteiger partial charge in [-0.1, -0.05) is 50.2 Å². The second-order valence-electron chi connectivity index (χ2n) is 7.14. The predicted molar refractivity (Wildman–Crippen MR) is 105 cm³/mol. The lowest BCUT2D eigenvalue weighted by Crippen LogP contribution is -2.47. The molecule has 1 unspecified atom stereocenters. The summed E-state index contributed by atoms with van der Waals surface area (Å²) in [5, 5.41) is 5.18. The minimum absolute atomic E-state index is 0.0295. The molecule has 1 atom stereocenters. The Kier molecular flexibility index (Phi) is 5.92. The zero-order valence-corrected chi connectivity index (χ0v) is 15.7. The molecule has 1 aliphatic rings. The Balaban J connectivity index is 1.74. The molecule has 1 fully saturated rings. The lowest BCUT2D eigenvalue weighted by atomic mass is 9.95. The van der Waals surface area contributed by atoms with Crippen LogP contribution in [0.1, 0.15) is 49.9 Å². The molecule has 26 heavy (non-hydrogen) atoms. The summed E-state index contributed by atoms with van der Waals surface area (Å²) >= 11 is 0. The molecule has 1 aliphatic heterocycles. The van der Waals surface area contributed by atoms with Gasteiger partial charge in [0.15, 0.2) is 0 Å². The van der Waals surface area contributed by atoms with Gasteiger partial charge in [-0.05, 0) is 42.5 Å². The number of nitrogens with zero attached hydrogens (tertiary/aromatic N) is 1. The molecule has 0 radical (unpaired) electrons. The molecule has 2 aromatic carbocycles. The van der Waals surface area contributed by atoms with Crippen LogP contribution < -0.4 is 5.32 Å². The molecule has 0 aromatic heterocycles. The molecule has 4 nitrogen and oxygen atoms in total. The van der Waals surface area contributed by atoms with Crippen molar-refractivity contribution in [2.75, 3.05) is 13.1 Å². The fourth-order valence-electron chi connectivity index (χ4n) is 3.77. The van der Waals surface area contributed by atoms with Gasteiger partial charge in [0.25, 0.3) is 5.91 Å². The first-order chi connectivity index (χ1) is 12.6. The van der Waals surface area contributed by atoms with E-state index in [1.165, 1.54) is 0 Å². The Morgan fingerprint density at radius 2 is 1.85 bits per heavy atom. The number of nitrogens with one attached hydrogen (secondary N) is 1. The summed E-state index contributed by atoms with van der Waals surface area (Å²) in [6, 6.07) is 14.0. The van der Waals surface area contributed by atoms with Gasteiger partial charge in [-0.2, -0.15) is 0 Å². The van der Waals surface area contributed by atoms with Crippen LogP contribution in [-0.4, -0.2) is 35.8 Å². The molecule has 0 spiro atoms. The first kappa shape index (κ1) is 18.4. The number of hydrogen-bond donors (Lipinski definition) is 1. The number of piperidine rings is 1. The molecule has 1 heterocycles. The Morgan fingerprint density at radius 3 is 2.62 bits per heavy atom. The van der Waals surface area contributed by atoms with E-state index in [9.17, 15) is 9.59 Å². The Hall–Kier alpha value is -2.36. The maximum atomic E-state index is 13.1. The average molecular weight is 352 g/mol. The first-order valence-corrected chi connectivity index (χ1v) is 9.71. The third-order valence-corrected chi connectivity index (χ3v) is 5.43. The molecule has 0 aliphatic carbocycles. The zero-order valence-electron chi connectivity index (χ0n) is 15.7. The van der Waals surface area contributed by atoms with Gasteiger partial charge in [0.2, 0.25) is 5.91 Å². The van der Waals surface area contributed by atoms with Gasteiger partial charge in [-0.25, -0.2) is 0 Å². The molecule has 0 bridgehead atoms. The summed E-state index contributed by atoms with van der Waals surface area (Å²) in [4.78, 5) is 27.6. The van der Waals surface area contributed by atoms with Crippen LogP contribution in [0.5, 0.6) is 0 Å². The normalized spacial score (nSPS) is 17.5. The summed E-state index contributed by atoms with van der Waals surface area (Å²) in [5.41, 5.74) is 0.726. The van der Waals surface area contributed by atoms with E-state index in [4.69, 9.17) is 0 Å². The maximum absolute atomic E-state index is 13.1. The molecule has 1 N–H and O–H groups in total. The van der Waals surface area contributed by atoms with Crippen LogP contribution in [-0.2, 0) is 4.79 Å². The second-order valence-corrected chi connectivity index (χ2v) is 7.14. The van der Waals surface area contributed by atoms with E-state index in [-0.39, 0.29) is 23.8 Å². The van der Waals surface area contributed by atoms with Crippen molar-refractivity contribution in [3.63, 3.8) is 0 Å². The minimum Gasteiger partial charge on any atom is -0.353 e. The molecule has 3 rings (SSSR count). The van der Waals surface area contributed by atoms with Gasteiger partial charge >= 0.3 is 0 Å².